The topological polar surface area (TPSA) is 77.0 Å². The van der Waals surface area contributed by atoms with Crippen LogP contribution in [0.1, 0.15) is 10.7 Å². The predicted octanol–water partition coefficient (Wildman–Crippen LogP) is 3.69. The molecule has 0 spiro atoms. The monoisotopic (exact) mass is 338 g/mol. The van der Waals surface area contributed by atoms with E-state index < -0.39 is 0 Å². The molecule has 0 aliphatic rings. The van der Waals surface area contributed by atoms with E-state index in [1.165, 1.54) is 12.3 Å². The number of benzene rings is 1. The fourth-order valence-corrected chi connectivity index (χ4v) is 2.45. The van der Waals surface area contributed by atoms with Gasteiger partial charge in [0.2, 0.25) is 11.8 Å². The molecule has 3 rings (SSSR count). The maximum atomic E-state index is 11.9. The molecule has 0 fully saturated rings. The minimum Gasteiger partial charge on any atom is -0.438 e. The van der Waals surface area contributed by atoms with Gasteiger partial charge in [-0.15, -0.1) is 11.3 Å². The summed E-state index contributed by atoms with van der Waals surface area (Å²) in [7, 11) is 0. The Bertz CT molecular complexity index is 845. The lowest BCUT2D eigenvalue weighted by atomic mass is 10.3. The number of hydrogen-bond donors (Lipinski definition) is 1. The molecule has 0 bridgehead atoms. The molecule has 2 heterocycles. The van der Waals surface area contributed by atoms with E-state index >= 15 is 0 Å². The van der Waals surface area contributed by atoms with Crippen LogP contribution in [0.2, 0.25) is 0 Å². The number of aryl methyl sites for hydroxylation is 1. The first-order chi connectivity index (χ1) is 11.7. The smallest absolute Gasteiger partial charge is 0.248 e. The van der Waals surface area contributed by atoms with Gasteiger partial charge in [0.25, 0.3) is 0 Å². The minimum absolute atomic E-state index is 0.219. The average molecular weight is 338 g/mol. The van der Waals surface area contributed by atoms with Crippen molar-refractivity contribution in [1.82, 2.24) is 15.0 Å². The largest absolute Gasteiger partial charge is 0.438 e. The first-order valence-corrected chi connectivity index (χ1v) is 8.02. The van der Waals surface area contributed by atoms with E-state index in [1.807, 2.05) is 12.3 Å². The lowest BCUT2D eigenvalue weighted by Gasteiger charge is -2.05. The van der Waals surface area contributed by atoms with Crippen LogP contribution >= 0.6 is 11.3 Å². The van der Waals surface area contributed by atoms with E-state index in [2.05, 4.69) is 20.3 Å². The summed E-state index contributed by atoms with van der Waals surface area (Å²) in [6.45, 7) is 1.92. The predicted molar refractivity (Wildman–Crippen MR) is 93.1 cm³/mol. The molecule has 0 saturated carbocycles. The summed E-state index contributed by atoms with van der Waals surface area (Å²) in [5.74, 6) is 0.806. The number of hydrogen-bond acceptors (Lipinski definition) is 6. The minimum atomic E-state index is -0.219. The second-order valence-electron chi connectivity index (χ2n) is 4.78. The van der Waals surface area contributed by atoms with Crippen LogP contribution in [-0.2, 0) is 4.79 Å². The summed E-state index contributed by atoms with van der Waals surface area (Å²) < 4.78 is 5.54. The second kappa shape index (κ2) is 7.47. The number of anilines is 1. The van der Waals surface area contributed by atoms with Crippen LogP contribution in [0.4, 0.5) is 5.69 Å². The van der Waals surface area contributed by atoms with Crippen molar-refractivity contribution in [3.63, 3.8) is 0 Å². The van der Waals surface area contributed by atoms with Crippen molar-refractivity contribution in [3.8, 4) is 11.6 Å². The van der Waals surface area contributed by atoms with Gasteiger partial charge in [-0.1, -0.05) is 0 Å². The molecule has 0 saturated heterocycles. The third kappa shape index (κ3) is 4.47. The number of aromatic nitrogens is 3. The lowest BCUT2D eigenvalue weighted by Crippen LogP contribution is -2.07. The Morgan fingerprint density at radius 3 is 2.75 bits per heavy atom. The van der Waals surface area contributed by atoms with Crippen LogP contribution in [-0.4, -0.2) is 20.9 Å². The van der Waals surface area contributed by atoms with Crippen molar-refractivity contribution in [2.75, 3.05) is 5.32 Å². The molecule has 24 heavy (non-hydrogen) atoms. The van der Waals surface area contributed by atoms with Crippen molar-refractivity contribution < 1.29 is 9.53 Å². The molecule has 2 aromatic heterocycles. The number of nitrogens with zero attached hydrogens (tertiary/aromatic N) is 3. The Labute approximate surface area is 142 Å². The lowest BCUT2D eigenvalue weighted by molar-refractivity contribution is -0.111. The highest BCUT2D eigenvalue weighted by atomic mass is 32.1. The van der Waals surface area contributed by atoms with Crippen molar-refractivity contribution >= 4 is 29.0 Å². The van der Waals surface area contributed by atoms with Crippen LogP contribution in [0.5, 0.6) is 11.6 Å². The van der Waals surface area contributed by atoms with Crippen LogP contribution in [0, 0.1) is 6.92 Å². The van der Waals surface area contributed by atoms with Crippen LogP contribution in [0.25, 0.3) is 6.08 Å². The molecule has 120 valence electrons. The summed E-state index contributed by atoms with van der Waals surface area (Å²) in [4.78, 5) is 24.1. The Morgan fingerprint density at radius 1 is 1.25 bits per heavy atom. The molecule has 1 amide bonds. The van der Waals surface area contributed by atoms with Gasteiger partial charge >= 0.3 is 0 Å². The number of ether oxygens (including phenoxy) is 1. The third-order valence-corrected chi connectivity index (χ3v) is 3.72. The van der Waals surface area contributed by atoms with Gasteiger partial charge in [0.05, 0.1) is 16.9 Å². The molecule has 3 aromatic rings. The zero-order valence-electron chi connectivity index (χ0n) is 12.8. The van der Waals surface area contributed by atoms with E-state index in [1.54, 1.807) is 54.1 Å². The van der Waals surface area contributed by atoms with Gasteiger partial charge in [-0.3, -0.25) is 9.78 Å². The first kappa shape index (κ1) is 15.8. The number of thiazole rings is 1. The fraction of sp³-hybridized carbons (Fsp3) is 0.0588. The van der Waals surface area contributed by atoms with E-state index in [9.17, 15) is 4.79 Å². The van der Waals surface area contributed by atoms with Gasteiger partial charge in [-0.05, 0) is 37.3 Å². The molecular formula is C17H14N4O2S. The van der Waals surface area contributed by atoms with Gasteiger partial charge < -0.3 is 10.1 Å². The van der Waals surface area contributed by atoms with Gasteiger partial charge in [0.1, 0.15) is 5.75 Å². The first-order valence-electron chi connectivity index (χ1n) is 7.14. The molecule has 1 aromatic carbocycles. The fourth-order valence-electron chi connectivity index (χ4n) is 1.87. The van der Waals surface area contributed by atoms with Crippen LogP contribution in [0.15, 0.2) is 54.3 Å². The van der Waals surface area contributed by atoms with Gasteiger partial charge in [-0.25, -0.2) is 9.97 Å². The number of amides is 1. The van der Waals surface area contributed by atoms with Gasteiger partial charge in [0.15, 0.2) is 0 Å². The normalized spacial score (nSPS) is 10.7. The number of rotatable bonds is 5. The number of nitrogens with one attached hydrogen (secondary N) is 1. The van der Waals surface area contributed by atoms with Crippen molar-refractivity contribution in [2.45, 2.75) is 6.92 Å². The Balaban J connectivity index is 1.57. The Hall–Kier alpha value is -3.06. The number of carbonyl (C=O) groups excluding carboxylic acids is 1. The number of carbonyl (C=O) groups is 1. The second-order valence-corrected chi connectivity index (χ2v) is 5.85. The summed E-state index contributed by atoms with van der Waals surface area (Å²) in [6.07, 6.45) is 7.80. The van der Waals surface area contributed by atoms with Crippen molar-refractivity contribution in [2.24, 2.45) is 0 Å². The molecule has 6 nitrogen and oxygen atoms in total. The average Bonchev–Trinajstić information content (AvgIpc) is 3.01. The molecule has 0 aliphatic heterocycles. The van der Waals surface area contributed by atoms with Crippen LogP contribution < -0.4 is 10.1 Å². The maximum Gasteiger partial charge on any atom is 0.248 e. The maximum absolute atomic E-state index is 11.9. The van der Waals surface area contributed by atoms with Crippen molar-refractivity contribution in [3.05, 3.63) is 65.0 Å². The third-order valence-electron chi connectivity index (χ3n) is 2.93. The summed E-state index contributed by atoms with van der Waals surface area (Å²) >= 11 is 1.54. The molecule has 0 aliphatic carbocycles. The zero-order valence-corrected chi connectivity index (χ0v) is 13.7. The molecular weight excluding hydrogens is 324 g/mol. The van der Waals surface area contributed by atoms with Gasteiger partial charge in [0, 0.05) is 29.5 Å². The molecule has 0 atom stereocenters. The highest BCUT2D eigenvalue weighted by Crippen LogP contribution is 2.20. The van der Waals surface area contributed by atoms with Crippen LogP contribution in [0.3, 0.4) is 0 Å². The standard InChI is InChI=1S/C17H14N4O2S/c1-12-20-14(11-24-12)4-7-16(22)21-13-2-5-15(6-3-13)23-17-10-18-8-9-19-17/h2-11H,1H3,(H,21,22)/b7-4-. The zero-order chi connectivity index (χ0) is 16.8. The molecule has 0 radical (unpaired) electrons. The van der Waals surface area contributed by atoms with E-state index in [0.717, 1.165) is 10.7 Å². The SMILES string of the molecule is Cc1nc(/C=C\C(=O)Nc2ccc(Oc3cnccn3)cc2)cs1. The highest BCUT2D eigenvalue weighted by Gasteiger charge is 2.01. The van der Waals surface area contributed by atoms with Crippen molar-refractivity contribution in [1.29, 1.82) is 0 Å². The van der Waals surface area contributed by atoms with E-state index in [0.29, 0.717) is 17.3 Å². The summed E-state index contributed by atoms with van der Waals surface area (Å²) in [5.41, 5.74) is 1.45. The van der Waals surface area contributed by atoms with Gasteiger partial charge in [-0.2, -0.15) is 0 Å². The highest BCUT2D eigenvalue weighted by molar-refractivity contribution is 7.09. The van der Waals surface area contributed by atoms with E-state index in [4.69, 9.17) is 4.74 Å². The molecule has 1 N–H and O–H groups in total. The Morgan fingerprint density at radius 2 is 2.08 bits per heavy atom. The Kier molecular flexibility index (Phi) is 4.93. The van der Waals surface area contributed by atoms with E-state index in [-0.39, 0.29) is 5.91 Å². The summed E-state index contributed by atoms with van der Waals surface area (Å²) in [6, 6.07) is 7.00. The molecule has 0 unspecified atom stereocenters. The quantitative estimate of drug-likeness (QED) is 0.718. The summed E-state index contributed by atoms with van der Waals surface area (Å²) in [5, 5.41) is 5.64. The molecule has 7 heteroatoms.